The standard InChI is InChI=1S/C34H25N3O2/c1-20-17-21(2)32(22(3)18-20)37-33(38)27-8-6-10-29(31(27)34(37)39)36-28-9-5-4-7-25(28)26-12-11-24(19-30(26)36)23-13-15-35-16-14-23/h4-19H,1-3H3. The molecule has 0 radical (unpaired) electrons. The molecule has 2 aromatic heterocycles. The number of hydrogen-bond donors (Lipinski definition) is 0. The lowest BCUT2D eigenvalue weighted by Crippen LogP contribution is -2.31. The highest BCUT2D eigenvalue weighted by Gasteiger charge is 2.40. The smallest absolute Gasteiger partial charge is 0.268 e. The number of nitrogens with zero attached hydrogens (tertiary/aromatic N) is 3. The van der Waals surface area contributed by atoms with Crippen LogP contribution in [0, 0.1) is 20.8 Å². The second-order valence-corrected chi connectivity index (χ2v) is 10.2. The van der Waals surface area contributed by atoms with E-state index in [-0.39, 0.29) is 11.8 Å². The number of para-hydroxylation sites is 1. The molecule has 0 saturated carbocycles. The van der Waals surface area contributed by atoms with Crippen molar-refractivity contribution < 1.29 is 9.59 Å². The van der Waals surface area contributed by atoms with E-state index in [1.807, 2.05) is 69.3 Å². The minimum Gasteiger partial charge on any atom is -0.308 e. The fraction of sp³-hybridized carbons (Fsp3) is 0.0882. The summed E-state index contributed by atoms with van der Waals surface area (Å²) in [6.45, 7) is 5.92. The van der Waals surface area contributed by atoms with Gasteiger partial charge in [0.1, 0.15) is 0 Å². The summed E-state index contributed by atoms with van der Waals surface area (Å²) in [5.41, 5.74) is 9.20. The summed E-state index contributed by atoms with van der Waals surface area (Å²) in [5.74, 6) is -0.581. The second kappa shape index (κ2) is 8.50. The quantitative estimate of drug-likeness (QED) is 0.232. The van der Waals surface area contributed by atoms with Gasteiger partial charge in [-0.1, -0.05) is 54.1 Å². The van der Waals surface area contributed by atoms with Gasteiger partial charge >= 0.3 is 0 Å². The molecule has 5 nitrogen and oxygen atoms in total. The number of aryl methyl sites for hydroxylation is 3. The average molecular weight is 508 g/mol. The maximum absolute atomic E-state index is 14.2. The van der Waals surface area contributed by atoms with E-state index in [1.54, 1.807) is 18.5 Å². The molecular formula is C34H25N3O2. The highest BCUT2D eigenvalue weighted by molar-refractivity contribution is 6.36. The van der Waals surface area contributed by atoms with Crippen LogP contribution in [0.2, 0.25) is 0 Å². The number of fused-ring (bicyclic) bond motifs is 4. The predicted molar refractivity (Wildman–Crippen MR) is 156 cm³/mol. The van der Waals surface area contributed by atoms with Gasteiger partial charge < -0.3 is 4.57 Å². The summed E-state index contributed by atoms with van der Waals surface area (Å²) < 4.78 is 2.12. The van der Waals surface area contributed by atoms with Gasteiger partial charge in [0.05, 0.1) is 33.5 Å². The molecule has 188 valence electrons. The van der Waals surface area contributed by atoms with Crippen LogP contribution < -0.4 is 4.90 Å². The molecule has 1 aliphatic rings. The van der Waals surface area contributed by atoms with E-state index in [9.17, 15) is 9.59 Å². The Morgan fingerprint density at radius 3 is 2.13 bits per heavy atom. The summed E-state index contributed by atoms with van der Waals surface area (Å²) in [4.78, 5) is 33.4. The van der Waals surface area contributed by atoms with Crippen molar-refractivity contribution in [2.24, 2.45) is 0 Å². The van der Waals surface area contributed by atoms with Gasteiger partial charge in [-0.25, -0.2) is 4.90 Å². The van der Waals surface area contributed by atoms with E-state index >= 15 is 0 Å². The van der Waals surface area contributed by atoms with Gasteiger partial charge in [-0.3, -0.25) is 14.6 Å². The van der Waals surface area contributed by atoms with E-state index in [1.165, 1.54) is 4.90 Å². The first-order valence-corrected chi connectivity index (χ1v) is 13.0. The third kappa shape index (κ3) is 3.36. The molecule has 0 saturated heterocycles. The van der Waals surface area contributed by atoms with Crippen molar-refractivity contribution in [3.63, 3.8) is 0 Å². The van der Waals surface area contributed by atoms with Crippen molar-refractivity contribution in [3.8, 4) is 16.8 Å². The number of carbonyl (C=O) groups excluding carboxylic acids is 2. The zero-order valence-electron chi connectivity index (χ0n) is 21.9. The minimum absolute atomic E-state index is 0.287. The number of pyridine rings is 1. The predicted octanol–water partition coefficient (Wildman–Crippen LogP) is 7.57. The van der Waals surface area contributed by atoms with E-state index < -0.39 is 0 Å². The topological polar surface area (TPSA) is 55.2 Å². The number of imide groups is 1. The van der Waals surface area contributed by atoms with Crippen LogP contribution in [-0.4, -0.2) is 21.4 Å². The van der Waals surface area contributed by atoms with Gasteiger partial charge in [0.25, 0.3) is 11.8 Å². The van der Waals surface area contributed by atoms with E-state index in [4.69, 9.17) is 0 Å². The maximum Gasteiger partial charge on any atom is 0.268 e. The molecule has 0 fully saturated rings. The normalized spacial score (nSPS) is 13.1. The minimum atomic E-state index is -0.295. The number of hydrogen-bond acceptors (Lipinski definition) is 3. The molecule has 0 atom stereocenters. The zero-order valence-corrected chi connectivity index (χ0v) is 21.9. The van der Waals surface area contributed by atoms with Crippen molar-refractivity contribution in [1.29, 1.82) is 0 Å². The Bertz CT molecular complexity index is 1960. The Balaban J connectivity index is 1.50. The lowest BCUT2D eigenvalue weighted by molar-refractivity contribution is 0.0925. The number of rotatable bonds is 3. The third-order valence-electron chi connectivity index (χ3n) is 7.68. The molecule has 0 bridgehead atoms. The molecule has 4 aromatic carbocycles. The maximum atomic E-state index is 14.2. The molecule has 0 spiro atoms. The zero-order chi connectivity index (χ0) is 26.8. The number of anilines is 1. The molecular weight excluding hydrogens is 482 g/mol. The summed E-state index contributed by atoms with van der Waals surface area (Å²) in [7, 11) is 0. The van der Waals surface area contributed by atoms with E-state index in [0.29, 0.717) is 22.5 Å². The van der Waals surface area contributed by atoms with Crippen molar-refractivity contribution >= 4 is 39.3 Å². The van der Waals surface area contributed by atoms with E-state index in [2.05, 4.69) is 39.9 Å². The van der Waals surface area contributed by atoms with Crippen molar-refractivity contribution in [1.82, 2.24) is 9.55 Å². The van der Waals surface area contributed by atoms with Crippen LogP contribution in [0.15, 0.2) is 97.3 Å². The van der Waals surface area contributed by atoms with Gasteiger partial charge in [0.15, 0.2) is 0 Å². The fourth-order valence-electron chi connectivity index (χ4n) is 6.14. The Morgan fingerprint density at radius 1 is 0.641 bits per heavy atom. The van der Waals surface area contributed by atoms with Gasteiger partial charge in [-0.05, 0) is 79.4 Å². The van der Waals surface area contributed by atoms with Crippen molar-refractivity contribution in [3.05, 3.63) is 125 Å². The van der Waals surface area contributed by atoms with Crippen molar-refractivity contribution in [2.75, 3.05) is 4.90 Å². The molecule has 5 heteroatoms. The SMILES string of the molecule is Cc1cc(C)c(N2C(=O)c3cccc(-n4c5ccccc5c5ccc(-c6ccncc6)cc54)c3C2=O)c(C)c1. The van der Waals surface area contributed by atoms with Gasteiger partial charge in [-0.2, -0.15) is 0 Å². The molecule has 3 heterocycles. The molecule has 6 aromatic rings. The molecule has 1 aliphatic heterocycles. The van der Waals surface area contributed by atoms with Crippen LogP contribution in [0.5, 0.6) is 0 Å². The molecule has 0 aliphatic carbocycles. The molecule has 0 N–H and O–H groups in total. The summed E-state index contributed by atoms with van der Waals surface area (Å²) in [5, 5.41) is 2.17. The summed E-state index contributed by atoms with van der Waals surface area (Å²) in [6, 6.07) is 28.1. The Kier molecular flexibility index (Phi) is 5.04. The van der Waals surface area contributed by atoms with Crippen LogP contribution in [0.25, 0.3) is 38.6 Å². The number of carbonyl (C=O) groups is 2. The summed E-state index contributed by atoms with van der Waals surface area (Å²) in [6.07, 6.45) is 3.57. The molecule has 2 amide bonds. The number of amides is 2. The first-order chi connectivity index (χ1) is 18.9. The Labute approximate surface area is 226 Å². The van der Waals surface area contributed by atoms with Gasteiger partial charge in [0, 0.05) is 23.2 Å². The molecule has 0 unspecified atom stereocenters. The number of aromatic nitrogens is 2. The largest absolute Gasteiger partial charge is 0.308 e. The van der Waals surface area contributed by atoms with Crippen LogP contribution >= 0.6 is 0 Å². The van der Waals surface area contributed by atoms with E-state index in [0.717, 1.165) is 49.6 Å². The van der Waals surface area contributed by atoms with Gasteiger partial charge in [-0.15, -0.1) is 0 Å². The van der Waals surface area contributed by atoms with Crippen LogP contribution in [0.3, 0.4) is 0 Å². The van der Waals surface area contributed by atoms with Crippen LogP contribution in [-0.2, 0) is 0 Å². The summed E-state index contributed by atoms with van der Waals surface area (Å²) >= 11 is 0. The van der Waals surface area contributed by atoms with Crippen LogP contribution in [0.1, 0.15) is 37.4 Å². The van der Waals surface area contributed by atoms with Gasteiger partial charge in [0.2, 0.25) is 0 Å². The highest BCUT2D eigenvalue weighted by atomic mass is 16.2. The monoisotopic (exact) mass is 507 g/mol. The third-order valence-corrected chi connectivity index (χ3v) is 7.68. The average Bonchev–Trinajstić information content (AvgIpc) is 3.40. The molecule has 7 rings (SSSR count). The van der Waals surface area contributed by atoms with Crippen molar-refractivity contribution in [2.45, 2.75) is 20.8 Å². The second-order valence-electron chi connectivity index (χ2n) is 10.2. The fourth-order valence-corrected chi connectivity index (χ4v) is 6.14. The lowest BCUT2D eigenvalue weighted by Gasteiger charge is -2.20. The number of benzene rings is 4. The highest BCUT2D eigenvalue weighted by Crippen LogP contribution is 2.40. The molecule has 39 heavy (non-hydrogen) atoms. The lowest BCUT2D eigenvalue weighted by atomic mass is 10.0. The van der Waals surface area contributed by atoms with Crippen LogP contribution in [0.4, 0.5) is 5.69 Å². The Morgan fingerprint density at radius 2 is 1.36 bits per heavy atom. The first-order valence-electron chi connectivity index (χ1n) is 13.0. The Hall–Kier alpha value is -5.03. The first kappa shape index (κ1) is 23.1.